The molecule has 0 saturated carbocycles. The maximum Gasteiger partial charge on any atom is 0.0718 e. The Balaban J connectivity index is 2.15. The lowest BCUT2D eigenvalue weighted by Gasteiger charge is -2.44. The van der Waals surface area contributed by atoms with E-state index in [0.29, 0.717) is 0 Å². The Morgan fingerprint density at radius 1 is 0.900 bits per heavy atom. The third-order valence-corrected chi connectivity index (χ3v) is 5.07. The van der Waals surface area contributed by atoms with Crippen molar-refractivity contribution in [1.29, 1.82) is 0 Å². The fourth-order valence-corrected chi connectivity index (χ4v) is 3.33. The molecule has 20 heavy (non-hydrogen) atoms. The summed E-state index contributed by atoms with van der Waals surface area (Å²) in [5.74, 6) is 0. The number of piperidine rings is 1. The fraction of sp³-hybridized carbons (Fsp3) is 1.00. The molecule has 1 rings (SSSR count). The second-order valence-electron chi connectivity index (χ2n) is 7.13. The van der Waals surface area contributed by atoms with Crippen LogP contribution in [0.1, 0.15) is 91.4 Å². The van der Waals surface area contributed by atoms with Gasteiger partial charge in [0, 0.05) is 5.54 Å². The van der Waals surface area contributed by atoms with E-state index in [1.807, 2.05) is 0 Å². The van der Waals surface area contributed by atoms with Crippen molar-refractivity contribution in [3.05, 3.63) is 0 Å². The first-order chi connectivity index (χ1) is 9.59. The summed E-state index contributed by atoms with van der Waals surface area (Å²) in [6, 6.07) is 0. The van der Waals surface area contributed by atoms with Gasteiger partial charge < -0.3 is 5.11 Å². The van der Waals surface area contributed by atoms with Crippen LogP contribution in [0.15, 0.2) is 0 Å². The normalized spacial score (nSPS) is 19.2. The molecule has 0 aromatic rings. The Bertz CT molecular complexity index is 234. The Morgan fingerprint density at radius 3 is 2.05 bits per heavy atom. The minimum absolute atomic E-state index is 0.0391. The first-order valence-electron chi connectivity index (χ1n) is 9.02. The van der Waals surface area contributed by atoms with Crippen LogP contribution < -0.4 is 0 Å². The molecule has 1 atom stereocenters. The minimum atomic E-state index is -0.170. The van der Waals surface area contributed by atoms with E-state index in [0.717, 1.165) is 6.42 Å². The predicted molar refractivity (Wildman–Crippen MR) is 88.1 cm³/mol. The summed E-state index contributed by atoms with van der Waals surface area (Å²) in [5, 5.41) is 10.5. The first kappa shape index (κ1) is 18.0. The van der Waals surface area contributed by atoms with Crippen molar-refractivity contribution in [1.82, 2.24) is 4.90 Å². The lowest BCUT2D eigenvalue weighted by atomic mass is 9.89. The van der Waals surface area contributed by atoms with Crippen molar-refractivity contribution in [2.24, 2.45) is 0 Å². The van der Waals surface area contributed by atoms with Crippen LogP contribution in [0.2, 0.25) is 0 Å². The third-order valence-electron chi connectivity index (χ3n) is 5.07. The van der Waals surface area contributed by atoms with Crippen molar-refractivity contribution in [3.63, 3.8) is 0 Å². The van der Waals surface area contributed by atoms with E-state index >= 15 is 0 Å². The van der Waals surface area contributed by atoms with Crippen molar-refractivity contribution in [2.45, 2.75) is 103 Å². The van der Waals surface area contributed by atoms with E-state index in [4.69, 9.17) is 0 Å². The van der Waals surface area contributed by atoms with Gasteiger partial charge in [-0.2, -0.15) is 0 Å². The molecule has 1 aliphatic rings. The van der Waals surface area contributed by atoms with Gasteiger partial charge in [0.25, 0.3) is 0 Å². The van der Waals surface area contributed by atoms with Gasteiger partial charge in [0.2, 0.25) is 0 Å². The summed E-state index contributed by atoms with van der Waals surface area (Å²) >= 11 is 0. The molecule has 0 aromatic carbocycles. The fourth-order valence-electron chi connectivity index (χ4n) is 3.33. The molecule has 0 amide bonds. The first-order valence-corrected chi connectivity index (χ1v) is 9.02. The van der Waals surface area contributed by atoms with Crippen molar-refractivity contribution in [2.75, 3.05) is 13.1 Å². The summed E-state index contributed by atoms with van der Waals surface area (Å²) < 4.78 is 0. The molecule has 1 unspecified atom stereocenters. The van der Waals surface area contributed by atoms with Gasteiger partial charge in [0.15, 0.2) is 0 Å². The maximum atomic E-state index is 10.5. The van der Waals surface area contributed by atoms with Crippen LogP contribution in [0.25, 0.3) is 0 Å². The molecule has 2 heteroatoms. The molecule has 1 saturated heterocycles. The molecule has 0 spiro atoms. The zero-order valence-electron chi connectivity index (χ0n) is 14.2. The highest BCUT2D eigenvalue weighted by molar-refractivity contribution is 4.90. The molecule has 1 fully saturated rings. The molecule has 1 heterocycles. The van der Waals surface area contributed by atoms with Gasteiger partial charge in [-0.15, -0.1) is 0 Å². The molecule has 120 valence electrons. The molecule has 1 N–H and O–H groups in total. The van der Waals surface area contributed by atoms with Gasteiger partial charge in [0.1, 0.15) is 0 Å². The Hall–Kier alpha value is -0.0800. The lowest BCUT2D eigenvalue weighted by Crippen LogP contribution is -2.54. The summed E-state index contributed by atoms with van der Waals surface area (Å²) in [6.07, 6.45) is 14.0. The molecule has 1 aliphatic heterocycles. The highest BCUT2D eigenvalue weighted by atomic mass is 16.3. The number of aliphatic hydroxyl groups is 1. The topological polar surface area (TPSA) is 23.5 Å². The van der Waals surface area contributed by atoms with Gasteiger partial charge in [-0.3, -0.25) is 4.90 Å². The number of likely N-dealkylation sites (tertiary alicyclic amines) is 1. The molecule has 0 aromatic heterocycles. The Labute approximate surface area is 126 Å². The van der Waals surface area contributed by atoms with Crippen molar-refractivity contribution < 1.29 is 5.11 Å². The van der Waals surface area contributed by atoms with Crippen LogP contribution >= 0.6 is 0 Å². The molecular formula is C18H37NO. The molecule has 0 radical (unpaired) electrons. The van der Waals surface area contributed by atoms with E-state index in [9.17, 15) is 5.11 Å². The zero-order valence-corrected chi connectivity index (χ0v) is 14.2. The summed E-state index contributed by atoms with van der Waals surface area (Å²) in [6.45, 7) is 9.05. The Morgan fingerprint density at radius 2 is 1.45 bits per heavy atom. The van der Waals surface area contributed by atoms with Crippen molar-refractivity contribution >= 4 is 0 Å². The number of rotatable bonds is 10. The SMILES string of the molecule is CCCCCCCCCC(O)C(C)(C)N1CCCCC1. The standard InChI is InChI=1S/C18H37NO/c1-4-5-6-7-8-9-11-14-17(20)18(2,3)19-15-12-10-13-16-19/h17,20H,4-16H2,1-3H3. The third kappa shape index (κ3) is 6.13. The number of nitrogens with zero attached hydrogens (tertiary/aromatic N) is 1. The molecule has 0 bridgehead atoms. The van der Waals surface area contributed by atoms with Crippen molar-refractivity contribution in [3.8, 4) is 0 Å². The summed E-state index contributed by atoms with van der Waals surface area (Å²) in [7, 11) is 0. The van der Waals surface area contributed by atoms with Crippen LogP contribution in [-0.4, -0.2) is 34.7 Å². The van der Waals surface area contributed by atoms with Crippen LogP contribution in [0, 0.1) is 0 Å². The quantitative estimate of drug-likeness (QED) is 0.585. The molecule has 2 nitrogen and oxygen atoms in total. The van der Waals surface area contributed by atoms with Gasteiger partial charge >= 0.3 is 0 Å². The van der Waals surface area contributed by atoms with E-state index in [1.165, 1.54) is 77.3 Å². The van der Waals surface area contributed by atoms with Gasteiger partial charge in [-0.25, -0.2) is 0 Å². The monoisotopic (exact) mass is 283 g/mol. The summed E-state index contributed by atoms with van der Waals surface area (Å²) in [4.78, 5) is 2.50. The average Bonchev–Trinajstić information content (AvgIpc) is 2.47. The number of hydrogen-bond acceptors (Lipinski definition) is 2. The second kappa shape index (κ2) is 9.78. The lowest BCUT2D eigenvalue weighted by molar-refractivity contribution is -0.0241. The number of aliphatic hydroxyl groups excluding tert-OH is 1. The Kier molecular flexibility index (Phi) is 8.79. The van der Waals surface area contributed by atoms with E-state index in [-0.39, 0.29) is 11.6 Å². The minimum Gasteiger partial charge on any atom is -0.391 e. The second-order valence-corrected chi connectivity index (χ2v) is 7.13. The van der Waals surface area contributed by atoms with E-state index in [1.54, 1.807) is 0 Å². The van der Waals surface area contributed by atoms with E-state index in [2.05, 4.69) is 25.7 Å². The summed E-state index contributed by atoms with van der Waals surface area (Å²) in [5.41, 5.74) is -0.0391. The van der Waals surface area contributed by atoms with Crippen LogP contribution in [-0.2, 0) is 0 Å². The van der Waals surface area contributed by atoms with Crippen LogP contribution in [0.5, 0.6) is 0 Å². The average molecular weight is 284 g/mol. The smallest absolute Gasteiger partial charge is 0.0718 e. The number of hydrogen-bond donors (Lipinski definition) is 1. The van der Waals surface area contributed by atoms with Gasteiger partial charge in [-0.05, 0) is 46.2 Å². The number of unbranched alkanes of at least 4 members (excludes halogenated alkanes) is 6. The largest absolute Gasteiger partial charge is 0.391 e. The van der Waals surface area contributed by atoms with Gasteiger partial charge in [0.05, 0.1) is 6.10 Å². The predicted octanol–water partition coefficient (Wildman–Crippen LogP) is 4.75. The van der Waals surface area contributed by atoms with Crippen LogP contribution in [0.4, 0.5) is 0 Å². The highest BCUT2D eigenvalue weighted by Gasteiger charge is 2.34. The van der Waals surface area contributed by atoms with Crippen LogP contribution in [0.3, 0.4) is 0 Å². The molecular weight excluding hydrogens is 246 g/mol. The highest BCUT2D eigenvalue weighted by Crippen LogP contribution is 2.26. The molecule has 0 aliphatic carbocycles. The zero-order chi connectivity index (χ0) is 14.8. The van der Waals surface area contributed by atoms with E-state index < -0.39 is 0 Å². The maximum absolute atomic E-state index is 10.5. The van der Waals surface area contributed by atoms with Gasteiger partial charge in [-0.1, -0.05) is 58.3 Å².